The monoisotopic (exact) mass is 347 g/mol. The lowest BCUT2D eigenvalue weighted by molar-refractivity contribution is 0.263. The van der Waals surface area contributed by atoms with Crippen LogP contribution in [0, 0.1) is 13.8 Å². The molecule has 2 atom stereocenters. The van der Waals surface area contributed by atoms with Gasteiger partial charge in [-0.15, -0.1) is 0 Å². The van der Waals surface area contributed by atoms with Crippen LogP contribution < -0.4 is 15.0 Å². The lowest BCUT2D eigenvalue weighted by Crippen LogP contribution is -2.41. The average Bonchev–Trinajstić information content (AvgIpc) is 3.17. The molecule has 5 heteroatoms. The Hall–Kier alpha value is -2.95. The van der Waals surface area contributed by atoms with Crippen molar-refractivity contribution in [2.75, 3.05) is 16.8 Å². The normalized spacial score (nSPS) is 20.5. The molecule has 0 saturated carbocycles. The quantitative estimate of drug-likeness (QED) is 0.730. The topological polar surface area (TPSA) is 50.5 Å². The molecule has 3 aromatic rings. The predicted molar refractivity (Wildman–Crippen MR) is 102 cm³/mol. The molecular formula is C21H21N3O2. The molecule has 0 saturated heterocycles. The summed E-state index contributed by atoms with van der Waals surface area (Å²) in [5.41, 5.74) is 6.48. The van der Waals surface area contributed by atoms with Crippen molar-refractivity contribution in [1.82, 2.24) is 5.16 Å². The Bertz CT molecular complexity index is 961. The fraction of sp³-hybridized carbons (Fsp3) is 0.286. The van der Waals surface area contributed by atoms with Crippen molar-refractivity contribution >= 4 is 11.4 Å². The van der Waals surface area contributed by atoms with Gasteiger partial charge in [0.05, 0.1) is 29.2 Å². The molecule has 5 nitrogen and oxygen atoms in total. The van der Waals surface area contributed by atoms with E-state index < -0.39 is 0 Å². The zero-order chi connectivity index (χ0) is 17.8. The highest BCUT2D eigenvalue weighted by molar-refractivity contribution is 5.91. The lowest BCUT2D eigenvalue weighted by atomic mass is 9.98. The minimum Gasteiger partial charge on any atom is -0.488 e. The molecule has 2 aliphatic rings. The van der Waals surface area contributed by atoms with E-state index >= 15 is 0 Å². The van der Waals surface area contributed by atoms with E-state index in [1.807, 2.05) is 19.9 Å². The van der Waals surface area contributed by atoms with E-state index in [0.29, 0.717) is 6.61 Å². The third-order valence-electron chi connectivity index (χ3n) is 5.38. The van der Waals surface area contributed by atoms with Crippen LogP contribution in [0.2, 0.25) is 0 Å². The third-order valence-corrected chi connectivity index (χ3v) is 5.38. The molecule has 0 amide bonds. The first-order valence-electron chi connectivity index (χ1n) is 8.98. The Kier molecular flexibility index (Phi) is 3.26. The second-order valence-electron chi connectivity index (χ2n) is 7.00. The standard InChI is InChI=1S/C21H21N3O2/c1-12-19(13(2)26-23-12)16-9-10-17-20-21(16)25-11-18(24(20)14(3)22-17)15-7-5-4-6-8-15/h4-10,14,18,22H,11H2,1-3H3. The Labute approximate surface area is 152 Å². The SMILES string of the molecule is Cc1noc(C)c1-c1ccc2c3c1OCC(c1ccccc1)N3C(C)N2. The van der Waals surface area contributed by atoms with Gasteiger partial charge in [-0.05, 0) is 38.5 Å². The summed E-state index contributed by atoms with van der Waals surface area (Å²) < 4.78 is 11.7. The van der Waals surface area contributed by atoms with Crippen LogP contribution >= 0.6 is 0 Å². The lowest BCUT2D eigenvalue weighted by Gasteiger charge is -2.38. The summed E-state index contributed by atoms with van der Waals surface area (Å²) in [6, 6.07) is 15.0. The summed E-state index contributed by atoms with van der Waals surface area (Å²) in [4.78, 5) is 2.44. The Morgan fingerprint density at radius 1 is 1.12 bits per heavy atom. The second-order valence-corrected chi connectivity index (χ2v) is 7.00. The van der Waals surface area contributed by atoms with Crippen molar-refractivity contribution in [2.45, 2.75) is 33.0 Å². The van der Waals surface area contributed by atoms with E-state index in [1.165, 1.54) is 5.56 Å². The molecule has 0 aliphatic carbocycles. The number of nitrogens with one attached hydrogen (secondary N) is 1. The average molecular weight is 347 g/mol. The molecule has 26 heavy (non-hydrogen) atoms. The summed E-state index contributed by atoms with van der Waals surface area (Å²) in [6.45, 7) is 6.73. The van der Waals surface area contributed by atoms with Crippen molar-refractivity contribution < 1.29 is 9.26 Å². The molecule has 3 heterocycles. The van der Waals surface area contributed by atoms with Crippen LogP contribution in [-0.4, -0.2) is 17.9 Å². The first-order valence-corrected chi connectivity index (χ1v) is 8.98. The maximum atomic E-state index is 6.34. The maximum Gasteiger partial charge on any atom is 0.152 e. The highest BCUT2D eigenvalue weighted by Gasteiger charge is 2.40. The first kappa shape index (κ1) is 15.3. The minimum absolute atomic E-state index is 0.187. The summed E-state index contributed by atoms with van der Waals surface area (Å²) >= 11 is 0. The van der Waals surface area contributed by atoms with Gasteiger partial charge in [0.25, 0.3) is 0 Å². The molecule has 132 valence electrons. The van der Waals surface area contributed by atoms with Gasteiger partial charge in [0.15, 0.2) is 5.75 Å². The van der Waals surface area contributed by atoms with Crippen molar-refractivity contribution in [3.8, 4) is 16.9 Å². The number of aromatic nitrogens is 1. The molecule has 5 rings (SSSR count). The van der Waals surface area contributed by atoms with Gasteiger partial charge in [-0.25, -0.2) is 0 Å². The van der Waals surface area contributed by atoms with Crippen LogP contribution in [0.15, 0.2) is 47.0 Å². The fourth-order valence-corrected chi connectivity index (χ4v) is 4.24. The number of rotatable bonds is 2. The number of nitrogens with zero attached hydrogens (tertiary/aromatic N) is 2. The predicted octanol–water partition coefficient (Wildman–Crippen LogP) is 4.67. The van der Waals surface area contributed by atoms with E-state index in [1.54, 1.807) is 0 Å². The van der Waals surface area contributed by atoms with Gasteiger partial charge < -0.3 is 19.5 Å². The molecule has 0 spiro atoms. The second kappa shape index (κ2) is 5.53. The van der Waals surface area contributed by atoms with Crippen LogP contribution in [0.4, 0.5) is 11.4 Å². The van der Waals surface area contributed by atoms with Crippen LogP contribution in [0.1, 0.15) is 30.0 Å². The van der Waals surface area contributed by atoms with Crippen molar-refractivity contribution in [3.05, 3.63) is 59.5 Å². The minimum atomic E-state index is 0.187. The summed E-state index contributed by atoms with van der Waals surface area (Å²) in [6.07, 6.45) is 0.206. The van der Waals surface area contributed by atoms with E-state index in [-0.39, 0.29) is 12.2 Å². The van der Waals surface area contributed by atoms with Gasteiger partial charge in [-0.1, -0.05) is 35.5 Å². The number of hydrogen-bond donors (Lipinski definition) is 1. The highest BCUT2D eigenvalue weighted by atomic mass is 16.5. The zero-order valence-electron chi connectivity index (χ0n) is 15.1. The van der Waals surface area contributed by atoms with E-state index in [4.69, 9.17) is 9.26 Å². The van der Waals surface area contributed by atoms with E-state index in [2.05, 4.69) is 58.7 Å². The zero-order valence-corrected chi connectivity index (χ0v) is 15.1. The van der Waals surface area contributed by atoms with E-state index in [0.717, 1.165) is 39.7 Å². The van der Waals surface area contributed by atoms with Gasteiger partial charge in [0.1, 0.15) is 18.1 Å². The van der Waals surface area contributed by atoms with Gasteiger partial charge in [0, 0.05) is 5.56 Å². The number of benzene rings is 2. The maximum absolute atomic E-state index is 6.34. The molecule has 2 aliphatic heterocycles. The number of ether oxygens (including phenoxy) is 1. The van der Waals surface area contributed by atoms with Crippen LogP contribution in [-0.2, 0) is 0 Å². The van der Waals surface area contributed by atoms with Crippen molar-refractivity contribution in [1.29, 1.82) is 0 Å². The van der Waals surface area contributed by atoms with Crippen molar-refractivity contribution in [2.24, 2.45) is 0 Å². The largest absolute Gasteiger partial charge is 0.488 e. The first-order chi connectivity index (χ1) is 12.6. The van der Waals surface area contributed by atoms with Gasteiger partial charge >= 0.3 is 0 Å². The molecular weight excluding hydrogens is 326 g/mol. The molecule has 1 N–H and O–H groups in total. The van der Waals surface area contributed by atoms with Gasteiger partial charge in [0.2, 0.25) is 0 Å². The fourth-order valence-electron chi connectivity index (χ4n) is 4.24. The Morgan fingerprint density at radius 3 is 2.65 bits per heavy atom. The summed E-state index contributed by atoms with van der Waals surface area (Å²) in [5, 5.41) is 7.70. The highest BCUT2D eigenvalue weighted by Crippen LogP contribution is 2.53. The Morgan fingerprint density at radius 2 is 1.92 bits per heavy atom. The smallest absolute Gasteiger partial charge is 0.152 e. The molecule has 1 aromatic heterocycles. The number of aryl methyl sites for hydroxylation is 2. The molecule has 2 aromatic carbocycles. The number of anilines is 2. The number of hydrogen-bond acceptors (Lipinski definition) is 5. The van der Waals surface area contributed by atoms with Crippen molar-refractivity contribution in [3.63, 3.8) is 0 Å². The summed E-state index contributed by atoms with van der Waals surface area (Å²) in [5.74, 6) is 1.74. The van der Waals surface area contributed by atoms with Crippen LogP contribution in [0.25, 0.3) is 11.1 Å². The van der Waals surface area contributed by atoms with E-state index in [9.17, 15) is 0 Å². The van der Waals surface area contributed by atoms with Crippen LogP contribution in [0.5, 0.6) is 5.75 Å². The third kappa shape index (κ3) is 2.06. The van der Waals surface area contributed by atoms with Gasteiger partial charge in [-0.3, -0.25) is 0 Å². The molecule has 0 bridgehead atoms. The van der Waals surface area contributed by atoms with Gasteiger partial charge in [-0.2, -0.15) is 0 Å². The molecule has 2 unspecified atom stereocenters. The van der Waals surface area contributed by atoms with Crippen LogP contribution in [0.3, 0.4) is 0 Å². The molecule has 0 fully saturated rings. The Balaban J connectivity index is 1.68. The molecule has 0 radical (unpaired) electrons. The summed E-state index contributed by atoms with van der Waals surface area (Å²) in [7, 11) is 0.